The molecular formula is C18H23. The van der Waals surface area contributed by atoms with E-state index in [1.54, 1.807) is 5.92 Å². The summed E-state index contributed by atoms with van der Waals surface area (Å²) in [6, 6.07) is 10.9. The lowest BCUT2D eigenvalue weighted by Gasteiger charge is -2.35. The van der Waals surface area contributed by atoms with E-state index in [-0.39, 0.29) is 0 Å². The van der Waals surface area contributed by atoms with Crippen LogP contribution < -0.4 is 0 Å². The number of allylic oxidation sites excluding steroid dienone is 4. The Hall–Kier alpha value is -1.30. The van der Waals surface area contributed by atoms with Gasteiger partial charge in [-0.1, -0.05) is 48.4 Å². The first-order valence-electron chi connectivity index (χ1n) is 6.84. The van der Waals surface area contributed by atoms with Crippen molar-refractivity contribution in [3.05, 3.63) is 64.1 Å². The van der Waals surface area contributed by atoms with Gasteiger partial charge in [0.05, 0.1) is 0 Å². The minimum atomic E-state index is 0.486. The van der Waals surface area contributed by atoms with Crippen LogP contribution in [0.3, 0.4) is 0 Å². The summed E-state index contributed by atoms with van der Waals surface area (Å²) in [5.74, 6) is 2.07. The van der Waals surface area contributed by atoms with Crippen molar-refractivity contribution >= 4 is 0 Å². The molecule has 0 saturated heterocycles. The van der Waals surface area contributed by atoms with E-state index in [1.807, 2.05) is 0 Å². The van der Waals surface area contributed by atoms with E-state index in [0.717, 1.165) is 6.42 Å². The molecule has 0 heteroatoms. The van der Waals surface area contributed by atoms with E-state index in [9.17, 15) is 0 Å². The van der Waals surface area contributed by atoms with Crippen molar-refractivity contribution < 1.29 is 0 Å². The number of rotatable bonds is 2. The molecule has 0 unspecified atom stereocenters. The van der Waals surface area contributed by atoms with Crippen LogP contribution in [0.25, 0.3) is 0 Å². The average molecular weight is 239 g/mol. The van der Waals surface area contributed by atoms with Crippen LogP contribution in [0.1, 0.15) is 52.5 Å². The molecule has 0 amide bonds. The predicted molar refractivity (Wildman–Crippen MR) is 79.5 cm³/mol. The summed E-state index contributed by atoms with van der Waals surface area (Å²) < 4.78 is 0. The largest absolute Gasteiger partial charge is 0.0645 e. The topological polar surface area (TPSA) is 0 Å². The van der Waals surface area contributed by atoms with Crippen molar-refractivity contribution in [3.63, 3.8) is 0 Å². The summed E-state index contributed by atoms with van der Waals surface area (Å²) in [6.45, 7) is 11.4. The van der Waals surface area contributed by atoms with Crippen LogP contribution in [0, 0.1) is 5.92 Å². The van der Waals surface area contributed by atoms with Crippen molar-refractivity contribution in [3.8, 4) is 0 Å². The van der Waals surface area contributed by atoms with Gasteiger partial charge >= 0.3 is 0 Å². The Bertz CT molecular complexity index is 488. The van der Waals surface area contributed by atoms with Gasteiger partial charge in [0, 0.05) is 11.8 Å². The first kappa shape index (κ1) is 13.1. The van der Waals surface area contributed by atoms with Crippen LogP contribution in [-0.4, -0.2) is 0 Å². The van der Waals surface area contributed by atoms with Gasteiger partial charge in [-0.25, -0.2) is 0 Å². The Morgan fingerprint density at radius 1 is 0.833 bits per heavy atom. The summed E-state index contributed by atoms with van der Waals surface area (Å²) in [6.07, 6.45) is 1.13. The van der Waals surface area contributed by atoms with Gasteiger partial charge in [0.25, 0.3) is 0 Å². The normalized spacial score (nSPS) is 21.7. The zero-order valence-corrected chi connectivity index (χ0v) is 12.2. The third-order valence-electron chi connectivity index (χ3n) is 4.49. The summed E-state index contributed by atoms with van der Waals surface area (Å²) in [5.41, 5.74) is 7.38. The van der Waals surface area contributed by atoms with E-state index < -0.39 is 0 Å². The van der Waals surface area contributed by atoms with Crippen molar-refractivity contribution in [1.82, 2.24) is 0 Å². The zero-order valence-electron chi connectivity index (χ0n) is 12.2. The molecule has 95 valence electrons. The van der Waals surface area contributed by atoms with E-state index in [4.69, 9.17) is 0 Å². The zero-order chi connectivity index (χ0) is 13.3. The maximum Gasteiger partial charge on any atom is 0.0154 e. The van der Waals surface area contributed by atoms with Crippen LogP contribution in [0.4, 0.5) is 0 Å². The van der Waals surface area contributed by atoms with Gasteiger partial charge in [-0.2, -0.15) is 0 Å². The molecule has 0 saturated carbocycles. The molecule has 0 nitrogen and oxygen atoms in total. The first-order valence-corrected chi connectivity index (χ1v) is 6.84. The molecule has 0 heterocycles. The van der Waals surface area contributed by atoms with Crippen LogP contribution in [0.2, 0.25) is 0 Å². The number of hydrogen-bond donors (Lipinski definition) is 0. The van der Waals surface area contributed by atoms with E-state index in [0.29, 0.717) is 5.92 Å². The summed E-state index contributed by atoms with van der Waals surface area (Å²) >= 11 is 0. The number of benzene rings is 1. The predicted octanol–water partition coefficient (Wildman–Crippen LogP) is 5.44. The summed E-state index contributed by atoms with van der Waals surface area (Å²) in [4.78, 5) is 0. The Kier molecular flexibility index (Phi) is 3.75. The smallest absolute Gasteiger partial charge is 0.0154 e. The monoisotopic (exact) mass is 239 g/mol. The molecule has 1 aliphatic carbocycles. The lowest BCUT2D eigenvalue weighted by Crippen LogP contribution is -2.19. The maximum absolute atomic E-state index is 2.29. The summed E-state index contributed by atoms with van der Waals surface area (Å²) in [5, 5.41) is 0. The number of hydrogen-bond acceptors (Lipinski definition) is 0. The van der Waals surface area contributed by atoms with Gasteiger partial charge in [-0.3, -0.25) is 0 Å². The van der Waals surface area contributed by atoms with Crippen LogP contribution in [-0.2, 0) is 0 Å². The van der Waals surface area contributed by atoms with Crippen molar-refractivity contribution in [2.45, 2.75) is 47.0 Å². The minimum absolute atomic E-state index is 0.486. The molecule has 1 aromatic rings. The molecule has 2 rings (SSSR count). The van der Waals surface area contributed by atoms with Crippen LogP contribution in [0.15, 0.2) is 52.6 Å². The second-order valence-electron chi connectivity index (χ2n) is 5.28. The minimum Gasteiger partial charge on any atom is -0.0645 e. The van der Waals surface area contributed by atoms with E-state index >= 15 is 0 Å². The molecule has 0 spiro atoms. The lowest BCUT2D eigenvalue weighted by molar-refractivity contribution is 0.721. The van der Waals surface area contributed by atoms with Gasteiger partial charge in [0.1, 0.15) is 0 Å². The molecule has 0 aromatic heterocycles. The van der Waals surface area contributed by atoms with E-state index in [1.165, 1.54) is 27.9 Å². The third kappa shape index (κ3) is 2.05. The molecule has 1 atom stereocenters. The highest BCUT2D eigenvalue weighted by Crippen LogP contribution is 2.46. The molecule has 0 fully saturated rings. The second-order valence-corrected chi connectivity index (χ2v) is 5.28. The standard InChI is InChI=1S/C18H23/c1-6-17-14(4)12(2)13(3)15(5)18(17)16-10-8-7-9-11-16/h7-11,18H,6H2,1-5H3/t18-/m1/s1. The molecule has 0 aliphatic heterocycles. The highest BCUT2D eigenvalue weighted by atomic mass is 14.3. The Morgan fingerprint density at radius 3 is 2.00 bits per heavy atom. The van der Waals surface area contributed by atoms with E-state index in [2.05, 4.69) is 65.0 Å². The SMILES string of the molecule is CC[C]1C(C)=C(C)C(C)=C(C)[C@@H]1c1ccccc1. The maximum atomic E-state index is 2.29. The molecule has 18 heavy (non-hydrogen) atoms. The van der Waals surface area contributed by atoms with Gasteiger partial charge in [-0.15, -0.1) is 0 Å². The molecule has 0 N–H and O–H groups in total. The Labute approximate surface area is 111 Å². The highest BCUT2D eigenvalue weighted by molar-refractivity contribution is 5.54. The molecule has 0 bridgehead atoms. The molecule has 1 aromatic carbocycles. The fraction of sp³-hybridized carbons (Fsp3) is 0.389. The second kappa shape index (κ2) is 5.14. The summed E-state index contributed by atoms with van der Waals surface area (Å²) in [7, 11) is 0. The third-order valence-corrected chi connectivity index (χ3v) is 4.49. The van der Waals surface area contributed by atoms with Gasteiger partial charge in [0.2, 0.25) is 0 Å². The fourth-order valence-corrected chi connectivity index (χ4v) is 3.08. The lowest BCUT2D eigenvalue weighted by atomic mass is 9.69. The van der Waals surface area contributed by atoms with Crippen molar-refractivity contribution in [2.24, 2.45) is 0 Å². The first-order chi connectivity index (χ1) is 8.57. The van der Waals surface area contributed by atoms with Gasteiger partial charge in [0.15, 0.2) is 0 Å². The quantitative estimate of drug-likeness (QED) is 0.644. The van der Waals surface area contributed by atoms with Gasteiger partial charge < -0.3 is 0 Å². The highest BCUT2D eigenvalue weighted by Gasteiger charge is 2.31. The Morgan fingerprint density at radius 2 is 1.44 bits per heavy atom. The molecule has 1 radical (unpaired) electrons. The van der Waals surface area contributed by atoms with Crippen LogP contribution in [0.5, 0.6) is 0 Å². The van der Waals surface area contributed by atoms with Crippen molar-refractivity contribution in [2.75, 3.05) is 0 Å². The fourth-order valence-electron chi connectivity index (χ4n) is 3.08. The Balaban J connectivity index is 2.54. The molecular weight excluding hydrogens is 216 g/mol. The van der Waals surface area contributed by atoms with Gasteiger partial charge in [-0.05, 0) is 50.8 Å². The molecule has 1 aliphatic rings. The van der Waals surface area contributed by atoms with Crippen molar-refractivity contribution in [1.29, 1.82) is 0 Å². The van der Waals surface area contributed by atoms with Crippen LogP contribution >= 0.6 is 0 Å². The average Bonchev–Trinajstić information content (AvgIpc) is 2.41.